The Labute approximate surface area is 248 Å². The van der Waals surface area contributed by atoms with Crippen molar-refractivity contribution in [2.45, 2.75) is 70.3 Å². The first kappa shape index (κ1) is 30.8. The quantitative estimate of drug-likeness (QED) is 0.399. The van der Waals surface area contributed by atoms with Crippen LogP contribution in [0.1, 0.15) is 54.4 Å². The Hall–Kier alpha value is -3.67. The van der Waals surface area contributed by atoms with E-state index < -0.39 is 43.3 Å². The normalized spacial score (nSPS) is 21.6. The molecule has 0 aromatic heterocycles. The Bertz CT molecular complexity index is 1300. The van der Waals surface area contributed by atoms with E-state index in [4.69, 9.17) is 4.74 Å². The van der Waals surface area contributed by atoms with Gasteiger partial charge in [-0.05, 0) is 67.2 Å². The van der Waals surface area contributed by atoms with Gasteiger partial charge in [0.15, 0.2) is 0 Å². The van der Waals surface area contributed by atoms with Gasteiger partial charge in [-0.3, -0.25) is 14.5 Å². The smallest absolute Gasteiger partial charge is 0.416 e. The number of likely N-dealkylation sites (tertiary alicyclic amines) is 1. The van der Waals surface area contributed by atoms with Crippen LogP contribution in [0.3, 0.4) is 0 Å². The summed E-state index contributed by atoms with van der Waals surface area (Å²) in [4.78, 5) is 47.3. The maximum Gasteiger partial charge on any atom is 0.416 e. The van der Waals surface area contributed by atoms with E-state index in [0.29, 0.717) is 19.5 Å². The SMILES string of the molecule is O=C1[C@H](CCN2CCCCC2)N2C(=O)CCN(C(=O)OCc3cc(CF)cc(C(F)(F)F)c3)[C@H]2CN1Cc1ccccc1. The summed E-state index contributed by atoms with van der Waals surface area (Å²) in [5, 5.41) is 0. The molecule has 3 fully saturated rings. The second kappa shape index (κ2) is 13.3. The summed E-state index contributed by atoms with van der Waals surface area (Å²) in [6.07, 6.45) is -2.53. The summed E-state index contributed by atoms with van der Waals surface area (Å²) in [5.41, 5.74) is -0.287. The number of benzene rings is 2. The molecule has 2 aromatic carbocycles. The number of piperazine rings is 1. The van der Waals surface area contributed by atoms with Gasteiger partial charge in [0.25, 0.3) is 0 Å². The van der Waals surface area contributed by atoms with E-state index in [0.717, 1.165) is 43.6 Å². The number of amides is 3. The molecule has 3 aliphatic heterocycles. The molecular formula is C31H36F4N4O4. The summed E-state index contributed by atoms with van der Waals surface area (Å²) < 4.78 is 58.7. The van der Waals surface area contributed by atoms with Gasteiger partial charge >= 0.3 is 12.3 Å². The number of alkyl halides is 4. The predicted octanol–water partition coefficient (Wildman–Crippen LogP) is 4.96. The maximum absolute atomic E-state index is 13.8. The number of piperidine rings is 1. The van der Waals surface area contributed by atoms with E-state index in [1.165, 1.54) is 22.3 Å². The minimum absolute atomic E-state index is 0.00435. The number of hydrogen-bond acceptors (Lipinski definition) is 5. The van der Waals surface area contributed by atoms with Crippen LogP contribution in [0.5, 0.6) is 0 Å². The fourth-order valence-electron chi connectivity index (χ4n) is 6.22. The van der Waals surface area contributed by atoms with Crippen LogP contribution in [0.25, 0.3) is 0 Å². The number of nitrogens with zero attached hydrogens (tertiary/aromatic N) is 4. The van der Waals surface area contributed by atoms with Gasteiger partial charge in [0, 0.05) is 26.1 Å². The highest BCUT2D eigenvalue weighted by Crippen LogP contribution is 2.32. The monoisotopic (exact) mass is 604 g/mol. The van der Waals surface area contributed by atoms with Gasteiger partial charge in [0.2, 0.25) is 11.8 Å². The zero-order chi connectivity index (χ0) is 30.6. The standard InChI is InChI=1S/C31H36F4N4O4/c32-18-23-15-24(17-25(16-23)31(33,34)35)21-43-30(42)38-14-10-28(40)39-26(9-13-36-11-5-2-6-12-36)29(41)37(20-27(38)39)19-22-7-3-1-4-8-22/h1,3-4,7-8,15-17,26-27H,2,5-6,9-14,18-21H2/t26-,27+/m0/s1. The minimum Gasteiger partial charge on any atom is -0.444 e. The number of carbonyl (C=O) groups is 3. The van der Waals surface area contributed by atoms with Crippen molar-refractivity contribution in [3.63, 3.8) is 0 Å². The zero-order valence-electron chi connectivity index (χ0n) is 23.9. The average molecular weight is 605 g/mol. The molecule has 43 heavy (non-hydrogen) atoms. The van der Waals surface area contributed by atoms with E-state index in [1.807, 2.05) is 30.3 Å². The molecule has 5 rings (SSSR count). The molecule has 8 nitrogen and oxygen atoms in total. The highest BCUT2D eigenvalue weighted by Gasteiger charge is 2.49. The lowest BCUT2D eigenvalue weighted by Crippen LogP contribution is -2.71. The van der Waals surface area contributed by atoms with Crippen LogP contribution in [0.2, 0.25) is 0 Å². The predicted molar refractivity (Wildman–Crippen MR) is 149 cm³/mol. The third kappa shape index (κ3) is 7.29. The van der Waals surface area contributed by atoms with Crippen LogP contribution in [0.15, 0.2) is 48.5 Å². The Balaban J connectivity index is 1.36. The number of ether oxygens (including phenoxy) is 1. The molecule has 0 unspecified atom stereocenters. The van der Waals surface area contributed by atoms with Crippen LogP contribution in [-0.4, -0.2) is 82.4 Å². The fraction of sp³-hybridized carbons (Fsp3) is 0.516. The number of halogens is 4. The van der Waals surface area contributed by atoms with Gasteiger partial charge in [0.05, 0.1) is 12.1 Å². The Morgan fingerprint density at radius 2 is 1.65 bits per heavy atom. The Morgan fingerprint density at radius 1 is 0.930 bits per heavy atom. The molecule has 3 heterocycles. The van der Waals surface area contributed by atoms with Gasteiger partial charge in [-0.15, -0.1) is 0 Å². The molecule has 3 aliphatic rings. The first-order chi connectivity index (χ1) is 20.6. The largest absolute Gasteiger partial charge is 0.444 e. The molecule has 0 radical (unpaired) electrons. The summed E-state index contributed by atoms with van der Waals surface area (Å²) in [6.45, 7) is 1.33. The van der Waals surface area contributed by atoms with E-state index in [2.05, 4.69) is 4.90 Å². The topological polar surface area (TPSA) is 73.4 Å². The number of rotatable bonds is 8. The molecule has 2 atom stereocenters. The zero-order valence-corrected chi connectivity index (χ0v) is 23.9. The number of carbonyl (C=O) groups excluding carboxylic acids is 3. The van der Waals surface area contributed by atoms with E-state index in [1.54, 1.807) is 4.90 Å². The highest BCUT2D eigenvalue weighted by molar-refractivity contribution is 5.90. The summed E-state index contributed by atoms with van der Waals surface area (Å²) >= 11 is 0. The van der Waals surface area contributed by atoms with Crippen molar-refractivity contribution in [2.75, 3.05) is 32.7 Å². The molecule has 0 saturated carbocycles. The summed E-state index contributed by atoms with van der Waals surface area (Å²) in [7, 11) is 0. The fourth-order valence-corrected chi connectivity index (χ4v) is 6.22. The second-order valence-corrected chi connectivity index (χ2v) is 11.4. The third-order valence-electron chi connectivity index (χ3n) is 8.37. The van der Waals surface area contributed by atoms with Crippen LogP contribution >= 0.6 is 0 Å². The highest BCUT2D eigenvalue weighted by atomic mass is 19.4. The molecule has 2 aromatic rings. The molecule has 0 aliphatic carbocycles. The van der Waals surface area contributed by atoms with Crippen molar-refractivity contribution in [3.8, 4) is 0 Å². The molecular weight excluding hydrogens is 568 g/mol. The first-order valence-corrected chi connectivity index (χ1v) is 14.7. The van der Waals surface area contributed by atoms with E-state index in [9.17, 15) is 31.9 Å². The van der Waals surface area contributed by atoms with Crippen LogP contribution < -0.4 is 0 Å². The van der Waals surface area contributed by atoms with Crippen LogP contribution in [0, 0.1) is 0 Å². The van der Waals surface area contributed by atoms with Crippen molar-refractivity contribution in [1.82, 2.24) is 19.6 Å². The maximum atomic E-state index is 13.8. The third-order valence-corrected chi connectivity index (χ3v) is 8.37. The van der Waals surface area contributed by atoms with Crippen molar-refractivity contribution in [3.05, 3.63) is 70.8 Å². The number of hydrogen-bond donors (Lipinski definition) is 0. The van der Waals surface area contributed by atoms with Crippen molar-refractivity contribution in [2.24, 2.45) is 0 Å². The summed E-state index contributed by atoms with van der Waals surface area (Å²) in [6, 6.07) is 11.5. The van der Waals surface area contributed by atoms with E-state index in [-0.39, 0.29) is 42.5 Å². The molecule has 0 bridgehead atoms. The van der Waals surface area contributed by atoms with Crippen LogP contribution in [0.4, 0.5) is 22.4 Å². The lowest BCUT2D eigenvalue weighted by molar-refractivity contribution is -0.169. The molecule has 0 N–H and O–H groups in total. The number of fused-ring (bicyclic) bond motifs is 1. The van der Waals surface area contributed by atoms with Gasteiger partial charge in [-0.1, -0.05) is 36.8 Å². The van der Waals surface area contributed by atoms with E-state index >= 15 is 0 Å². The first-order valence-electron chi connectivity index (χ1n) is 14.7. The molecule has 3 amide bonds. The van der Waals surface area contributed by atoms with Gasteiger partial charge < -0.3 is 19.4 Å². The lowest BCUT2D eigenvalue weighted by Gasteiger charge is -2.52. The van der Waals surface area contributed by atoms with Crippen LogP contribution in [-0.2, 0) is 40.3 Å². The van der Waals surface area contributed by atoms with Crippen molar-refractivity contribution >= 4 is 17.9 Å². The minimum atomic E-state index is -4.68. The summed E-state index contributed by atoms with van der Waals surface area (Å²) in [5.74, 6) is -0.403. The molecule has 0 spiro atoms. The Kier molecular flexibility index (Phi) is 9.53. The average Bonchev–Trinajstić information content (AvgIpc) is 3.00. The van der Waals surface area contributed by atoms with Gasteiger partial charge in [0.1, 0.15) is 25.5 Å². The molecule has 3 saturated heterocycles. The molecule has 232 valence electrons. The lowest BCUT2D eigenvalue weighted by atomic mass is 10.00. The Morgan fingerprint density at radius 3 is 2.35 bits per heavy atom. The van der Waals surface area contributed by atoms with Gasteiger partial charge in [-0.2, -0.15) is 13.2 Å². The second-order valence-electron chi connectivity index (χ2n) is 11.4. The molecule has 12 heteroatoms. The van der Waals surface area contributed by atoms with Gasteiger partial charge in [-0.25, -0.2) is 9.18 Å². The van der Waals surface area contributed by atoms with Crippen molar-refractivity contribution in [1.29, 1.82) is 0 Å². The van der Waals surface area contributed by atoms with Crippen molar-refractivity contribution < 1.29 is 36.7 Å².